The Hall–Kier alpha value is -2.86. The van der Waals surface area contributed by atoms with E-state index in [1.54, 1.807) is 25.4 Å². The number of halogens is 1. The fourth-order valence-electron chi connectivity index (χ4n) is 2.39. The Morgan fingerprint density at radius 3 is 2.38 bits per heavy atom. The Labute approximate surface area is 157 Å². The first kappa shape index (κ1) is 17.9. The molecule has 0 saturated carbocycles. The fourth-order valence-corrected chi connectivity index (χ4v) is 2.65. The zero-order valence-electron chi connectivity index (χ0n) is 14.8. The second-order valence-corrected chi connectivity index (χ2v) is 6.45. The van der Waals surface area contributed by atoms with Gasteiger partial charge in [-0.1, -0.05) is 37.6 Å². The number of rotatable bonds is 6. The minimum absolute atomic E-state index is 0.409. The molecule has 3 rings (SSSR count). The van der Waals surface area contributed by atoms with E-state index in [1.165, 1.54) is 5.56 Å². The molecule has 1 heterocycles. The molecule has 0 aliphatic rings. The van der Waals surface area contributed by atoms with Gasteiger partial charge in [-0.25, -0.2) is 0 Å². The van der Waals surface area contributed by atoms with Crippen LogP contribution in [-0.4, -0.2) is 22.3 Å². The van der Waals surface area contributed by atoms with E-state index in [0.29, 0.717) is 28.5 Å². The quantitative estimate of drug-likeness (QED) is 0.626. The highest BCUT2D eigenvalue weighted by Crippen LogP contribution is 2.28. The monoisotopic (exact) mass is 369 g/mol. The van der Waals surface area contributed by atoms with E-state index in [4.69, 9.17) is 16.3 Å². The molecule has 134 valence electrons. The van der Waals surface area contributed by atoms with Crippen molar-refractivity contribution in [1.82, 2.24) is 15.2 Å². The fraction of sp³-hybridized carbons (Fsp3) is 0.211. The van der Waals surface area contributed by atoms with Crippen molar-refractivity contribution in [3.63, 3.8) is 0 Å². The largest absolute Gasteiger partial charge is 0.495 e. The number of ether oxygens (including phenoxy) is 1. The Morgan fingerprint density at radius 2 is 1.73 bits per heavy atom. The van der Waals surface area contributed by atoms with Gasteiger partial charge in [0.1, 0.15) is 5.75 Å². The minimum Gasteiger partial charge on any atom is -0.495 e. The molecule has 6 nitrogen and oxygen atoms in total. The predicted molar refractivity (Wildman–Crippen MR) is 105 cm³/mol. The van der Waals surface area contributed by atoms with E-state index in [2.05, 4.69) is 51.8 Å². The van der Waals surface area contributed by atoms with Gasteiger partial charge in [0.25, 0.3) is 0 Å². The molecule has 7 heteroatoms. The third kappa shape index (κ3) is 4.40. The van der Waals surface area contributed by atoms with Gasteiger partial charge in [0.2, 0.25) is 5.95 Å². The van der Waals surface area contributed by atoms with Crippen LogP contribution in [0.2, 0.25) is 5.02 Å². The maximum absolute atomic E-state index is 6.14. The van der Waals surface area contributed by atoms with Crippen LogP contribution in [0.25, 0.3) is 0 Å². The summed E-state index contributed by atoms with van der Waals surface area (Å²) in [6.07, 6.45) is 1.55. The maximum atomic E-state index is 6.14. The summed E-state index contributed by atoms with van der Waals surface area (Å²) in [4.78, 5) is 4.42. The van der Waals surface area contributed by atoms with E-state index in [9.17, 15) is 0 Å². The van der Waals surface area contributed by atoms with Crippen LogP contribution in [0.4, 0.5) is 23.1 Å². The minimum atomic E-state index is 0.409. The number of aromatic nitrogens is 3. The molecule has 3 aromatic rings. The molecule has 26 heavy (non-hydrogen) atoms. The number of anilines is 4. The maximum Gasteiger partial charge on any atom is 0.249 e. The summed E-state index contributed by atoms with van der Waals surface area (Å²) < 4.78 is 5.15. The van der Waals surface area contributed by atoms with Crippen LogP contribution in [0.15, 0.2) is 48.7 Å². The van der Waals surface area contributed by atoms with Gasteiger partial charge in [0.15, 0.2) is 5.82 Å². The van der Waals surface area contributed by atoms with Gasteiger partial charge in [-0.3, -0.25) is 0 Å². The summed E-state index contributed by atoms with van der Waals surface area (Å²) in [7, 11) is 1.58. The molecule has 0 amide bonds. The summed E-state index contributed by atoms with van der Waals surface area (Å²) in [5, 5.41) is 14.8. The molecular weight excluding hydrogens is 350 g/mol. The van der Waals surface area contributed by atoms with Crippen LogP contribution < -0.4 is 15.4 Å². The third-order valence-electron chi connectivity index (χ3n) is 3.82. The Bertz CT molecular complexity index is 883. The van der Waals surface area contributed by atoms with Crippen LogP contribution in [0.3, 0.4) is 0 Å². The molecule has 0 unspecified atom stereocenters. The topological polar surface area (TPSA) is 72.0 Å². The smallest absolute Gasteiger partial charge is 0.249 e. The van der Waals surface area contributed by atoms with E-state index in [1.807, 2.05) is 18.2 Å². The molecule has 0 spiro atoms. The average molecular weight is 370 g/mol. The van der Waals surface area contributed by atoms with Crippen LogP contribution in [-0.2, 0) is 0 Å². The van der Waals surface area contributed by atoms with Crippen LogP contribution in [0, 0.1) is 0 Å². The first-order valence-corrected chi connectivity index (χ1v) is 8.60. The Balaban J connectivity index is 1.72. The summed E-state index contributed by atoms with van der Waals surface area (Å²) in [6, 6.07) is 13.6. The first-order chi connectivity index (χ1) is 12.5. The lowest BCUT2D eigenvalue weighted by molar-refractivity contribution is 0.415. The molecule has 0 atom stereocenters. The molecule has 1 aromatic heterocycles. The highest BCUT2D eigenvalue weighted by Gasteiger charge is 2.06. The molecule has 0 fully saturated rings. The Morgan fingerprint density at radius 1 is 1.00 bits per heavy atom. The molecule has 0 saturated heterocycles. The molecule has 0 radical (unpaired) electrons. The number of hydrogen-bond acceptors (Lipinski definition) is 6. The zero-order valence-corrected chi connectivity index (χ0v) is 15.6. The van der Waals surface area contributed by atoms with Crippen molar-refractivity contribution >= 4 is 34.7 Å². The SMILES string of the molecule is COc1ccc(Nc2cnnc(Nc3ccc(C(C)C)cc3)n2)cc1Cl. The molecule has 0 aliphatic carbocycles. The lowest BCUT2D eigenvalue weighted by Gasteiger charge is -2.10. The van der Waals surface area contributed by atoms with Crippen molar-refractivity contribution in [3.05, 3.63) is 59.2 Å². The van der Waals surface area contributed by atoms with Gasteiger partial charge < -0.3 is 15.4 Å². The number of nitrogens with zero attached hydrogens (tertiary/aromatic N) is 3. The summed E-state index contributed by atoms with van der Waals surface area (Å²) in [5.74, 6) is 2.07. The molecule has 2 aromatic carbocycles. The van der Waals surface area contributed by atoms with Gasteiger partial charge >= 0.3 is 0 Å². The second kappa shape index (κ2) is 8.01. The van der Waals surface area contributed by atoms with Crippen LogP contribution in [0.1, 0.15) is 25.3 Å². The van der Waals surface area contributed by atoms with Gasteiger partial charge in [-0.15, -0.1) is 5.10 Å². The number of benzene rings is 2. The van der Waals surface area contributed by atoms with Crippen molar-refractivity contribution in [2.75, 3.05) is 17.7 Å². The number of hydrogen-bond donors (Lipinski definition) is 2. The molecule has 2 N–H and O–H groups in total. The summed E-state index contributed by atoms with van der Waals surface area (Å²) in [6.45, 7) is 4.33. The van der Waals surface area contributed by atoms with Crippen molar-refractivity contribution in [3.8, 4) is 5.75 Å². The second-order valence-electron chi connectivity index (χ2n) is 6.04. The number of nitrogens with one attached hydrogen (secondary N) is 2. The van der Waals surface area contributed by atoms with Crippen molar-refractivity contribution in [2.24, 2.45) is 0 Å². The van der Waals surface area contributed by atoms with E-state index in [0.717, 1.165) is 11.4 Å². The summed E-state index contributed by atoms with van der Waals surface area (Å²) >= 11 is 6.14. The van der Waals surface area contributed by atoms with Gasteiger partial charge in [0.05, 0.1) is 18.3 Å². The van der Waals surface area contributed by atoms with Crippen molar-refractivity contribution in [2.45, 2.75) is 19.8 Å². The van der Waals surface area contributed by atoms with Gasteiger partial charge in [0, 0.05) is 11.4 Å². The molecule has 0 aliphatic heterocycles. The normalized spacial score (nSPS) is 10.7. The van der Waals surface area contributed by atoms with Crippen molar-refractivity contribution in [1.29, 1.82) is 0 Å². The van der Waals surface area contributed by atoms with Crippen LogP contribution in [0.5, 0.6) is 5.75 Å². The Kier molecular flexibility index (Phi) is 5.53. The highest BCUT2D eigenvalue weighted by molar-refractivity contribution is 6.32. The van der Waals surface area contributed by atoms with Crippen LogP contribution >= 0.6 is 11.6 Å². The molecule has 0 bridgehead atoms. The van der Waals surface area contributed by atoms with E-state index in [-0.39, 0.29) is 0 Å². The van der Waals surface area contributed by atoms with Gasteiger partial charge in [-0.05, 0) is 41.8 Å². The standard InChI is InChI=1S/C19H20ClN5O/c1-12(2)13-4-6-14(7-5-13)23-19-24-18(11-21-25-19)22-15-8-9-17(26-3)16(20)10-15/h4-12H,1-3H3,(H2,22,23,24,25). The first-order valence-electron chi connectivity index (χ1n) is 8.22. The lowest BCUT2D eigenvalue weighted by Crippen LogP contribution is -2.02. The summed E-state index contributed by atoms with van der Waals surface area (Å²) in [5.41, 5.74) is 2.96. The lowest BCUT2D eigenvalue weighted by atomic mass is 10.0. The zero-order chi connectivity index (χ0) is 18.5. The van der Waals surface area contributed by atoms with Crippen molar-refractivity contribution < 1.29 is 4.74 Å². The van der Waals surface area contributed by atoms with E-state index < -0.39 is 0 Å². The molecular formula is C19H20ClN5O. The average Bonchev–Trinajstić information content (AvgIpc) is 2.63. The number of methoxy groups -OCH3 is 1. The van der Waals surface area contributed by atoms with Gasteiger partial charge in [-0.2, -0.15) is 10.1 Å². The van der Waals surface area contributed by atoms with E-state index >= 15 is 0 Å². The predicted octanol–water partition coefficient (Wildman–Crippen LogP) is 5.14. The highest BCUT2D eigenvalue weighted by atomic mass is 35.5. The third-order valence-corrected chi connectivity index (χ3v) is 4.11.